The second kappa shape index (κ2) is 9.56. The molecule has 0 unspecified atom stereocenters. The standard InChI is InChI=1S/C25H28N6O2/c1-29-12-14-30(15-13-29)25(32)20-7-9-21(10-8-20)28-23-17-24(27-18-26-23)31-22(11-16-33-31)19-5-3-2-4-6-19/h2-10,17-18,22H,11-16H2,1H3,(H,26,27,28)/t22-/m1/s1. The van der Waals surface area contributed by atoms with Crippen LogP contribution >= 0.6 is 0 Å². The zero-order valence-electron chi connectivity index (χ0n) is 18.7. The van der Waals surface area contributed by atoms with E-state index >= 15 is 0 Å². The molecule has 0 spiro atoms. The minimum absolute atomic E-state index is 0.0807. The Morgan fingerprint density at radius 2 is 1.76 bits per heavy atom. The maximum absolute atomic E-state index is 12.8. The van der Waals surface area contributed by atoms with Crippen molar-refractivity contribution in [2.24, 2.45) is 0 Å². The molecule has 1 atom stereocenters. The van der Waals surface area contributed by atoms with Gasteiger partial charge in [0.15, 0.2) is 5.82 Å². The largest absolute Gasteiger partial charge is 0.340 e. The van der Waals surface area contributed by atoms with E-state index in [1.54, 1.807) is 0 Å². The first-order valence-corrected chi connectivity index (χ1v) is 11.3. The molecule has 5 rings (SSSR count). The average molecular weight is 445 g/mol. The van der Waals surface area contributed by atoms with E-state index in [0.29, 0.717) is 23.8 Å². The SMILES string of the molecule is CN1CCN(C(=O)c2ccc(Nc3cc(N4OCC[C@@H]4c4ccccc4)ncn3)cc2)CC1. The van der Waals surface area contributed by atoms with Gasteiger partial charge in [-0.25, -0.2) is 15.0 Å². The fraction of sp³-hybridized carbons (Fsp3) is 0.320. The monoisotopic (exact) mass is 444 g/mol. The normalized spacial score (nSPS) is 19.0. The van der Waals surface area contributed by atoms with Crippen molar-refractivity contribution in [2.45, 2.75) is 12.5 Å². The summed E-state index contributed by atoms with van der Waals surface area (Å²) in [6, 6.07) is 19.8. The number of nitrogens with zero attached hydrogens (tertiary/aromatic N) is 5. The van der Waals surface area contributed by atoms with Gasteiger partial charge in [-0.1, -0.05) is 30.3 Å². The Labute approximate surface area is 193 Å². The zero-order chi connectivity index (χ0) is 22.6. The van der Waals surface area contributed by atoms with Crippen LogP contribution in [-0.2, 0) is 4.84 Å². The van der Waals surface area contributed by atoms with Crippen molar-refractivity contribution >= 4 is 23.2 Å². The van der Waals surface area contributed by atoms with Gasteiger partial charge < -0.3 is 15.1 Å². The number of nitrogens with one attached hydrogen (secondary N) is 1. The first-order valence-electron chi connectivity index (χ1n) is 11.3. The average Bonchev–Trinajstić information content (AvgIpc) is 3.36. The molecule has 8 heteroatoms. The van der Waals surface area contributed by atoms with Crippen LogP contribution in [-0.4, -0.2) is 65.5 Å². The van der Waals surface area contributed by atoms with Gasteiger partial charge in [-0.3, -0.25) is 9.63 Å². The molecule has 2 aromatic carbocycles. The van der Waals surface area contributed by atoms with Crippen LogP contribution in [0.4, 0.5) is 17.3 Å². The lowest BCUT2D eigenvalue weighted by molar-refractivity contribution is 0.0664. The topological polar surface area (TPSA) is 73.8 Å². The molecule has 2 aliphatic heterocycles. The predicted octanol–water partition coefficient (Wildman–Crippen LogP) is 3.49. The molecule has 0 aliphatic carbocycles. The number of hydroxylamine groups is 1. The van der Waals surface area contributed by atoms with Crippen molar-refractivity contribution in [1.82, 2.24) is 19.8 Å². The number of likely N-dealkylation sites (N-methyl/N-ethyl adjacent to an activating group) is 1. The molecule has 33 heavy (non-hydrogen) atoms. The number of aromatic nitrogens is 2. The van der Waals surface area contributed by atoms with Crippen molar-refractivity contribution in [1.29, 1.82) is 0 Å². The first kappa shape index (κ1) is 21.4. The number of piperazine rings is 1. The van der Waals surface area contributed by atoms with Gasteiger partial charge in [0.2, 0.25) is 0 Å². The minimum atomic E-state index is 0.0807. The Kier molecular flexibility index (Phi) is 6.19. The number of amides is 1. The quantitative estimate of drug-likeness (QED) is 0.646. The number of carbonyl (C=O) groups excluding carboxylic acids is 1. The van der Waals surface area contributed by atoms with Crippen molar-refractivity contribution in [3.63, 3.8) is 0 Å². The van der Waals surface area contributed by atoms with Gasteiger partial charge in [0.05, 0.1) is 12.6 Å². The van der Waals surface area contributed by atoms with E-state index < -0.39 is 0 Å². The second-order valence-electron chi connectivity index (χ2n) is 8.43. The molecule has 0 bridgehead atoms. The molecule has 2 saturated heterocycles. The summed E-state index contributed by atoms with van der Waals surface area (Å²) in [4.78, 5) is 31.6. The molecule has 3 heterocycles. The van der Waals surface area contributed by atoms with Crippen LogP contribution in [0.5, 0.6) is 0 Å². The highest BCUT2D eigenvalue weighted by molar-refractivity contribution is 5.94. The first-order chi connectivity index (χ1) is 16.2. The molecule has 0 radical (unpaired) electrons. The van der Waals surface area contributed by atoms with E-state index in [0.717, 1.165) is 38.3 Å². The van der Waals surface area contributed by atoms with Crippen LogP contribution < -0.4 is 10.4 Å². The molecule has 2 aliphatic rings. The third-order valence-corrected chi connectivity index (χ3v) is 6.16. The summed E-state index contributed by atoms with van der Waals surface area (Å²) in [7, 11) is 2.08. The van der Waals surface area contributed by atoms with Crippen LogP contribution in [0.3, 0.4) is 0 Å². The van der Waals surface area contributed by atoms with Gasteiger partial charge >= 0.3 is 0 Å². The lowest BCUT2D eigenvalue weighted by Gasteiger charge is -2.32. The smallest absolute Gasteiger partial charge is 0.253 e. The number of hydrogen-bond donors (Lipinski definition) is 1. The van der Waals surface area contributed by atoms with Gasteiger partial charge in [0.1, 0.15) is 12.1 Å². The molecule has 8 nitrogen and oxygen atoms in total. The molecule has 1 amide bonds. The van der Waals surface area contributed by atoms with Crippen LogP contribution in [0, 0.1) is 0 Å². The maximum Gasteiger partial charge on any atom is 0.253 e. The van der Waals surface area contributed by atoms with Gasteiger partial charge in [-0.05, 0) is 36.9 Å². The van der Waals surface area contributed by atoms with Gasteiger partial charge in [-0.2, -0.15) is 0 Å². The molecule has 2 fully saturated rings. The van der Waals surface area contributed by atoms with E-state index in [2.05, 4.69) is 39.4 Å². The van der Waals surface area contributed by atoms with E-state index in [-0.39, 0.29) is 11.9 Å². The lowest BCUT2D eigenvalue weighted by Crippen LogP contribution is -2.47. The summed E-state index contributed by atoms with van der Waals surface area (Å²) in [5.74, 6) is 1.46. The van der Waals surface area contributed by atoms with Crippen molar-refractivity contribution in [2.75, 3.05) is 50.2 Å². The zero-order valence-corrected chi connectivity index (χ0v) is 18.7. The Morgan fingerprint density at radius 3 is 2.52 bits per heavy atom. The van der Waals surface area contributed by atoms with Crippen molar-refractivity contribution in [3.05, 3.63) is 78.1 Å². The van der Waals surface area contributed by atoms with Crippen LogP contribution in [0.15, 0.2) is 67.0 Å². The summed E-state index contributed by atoms with van der Waals surface area (Å²) in [6.07, 6.45) is 2.44. The Morgan fingerprint density at radius 1 is 1.00 bits per heavy atom. The van der Waals surface area contributed by atoms with E-state index in [1.165, 1.54) is 11.9 Å². The fourth-order valence-electron chi connectivity index (χ4n) is 4.25. The Balaban J connectivity index is 1.27. The summed E-state index contributed by atoms with van der Waals surface area (Å²) < 4.78 is 0. The highest BCUT2D eigenvalue weighted by Gasteiger charge is 2.29. The molecule has 3 aromatic rings. The summed E-state index contributed by atoms with van der Waals surface area (Å²) in [5.41, 5.74) is 2.75. The molecule has 170 valence electrons. The number of anilines is 3. The molecule has 0 saturated carbocycles. The van der Waals surface area contributed by atoms with E-state index in [1.807, 2.05) is 58.5 Å². The lowest BCUT2D eigenvalue weighted by atomic mass is 10.0. The predicted molar refractivity (Wildman–Crippen MR) is 127 cm³/mol. The van der Waals surface area contributed by atoms with Gasteiger partial charge in [0.25, 0.3) is 5.91 Å². The minimum Gasteiger partial charge on any atom is -0.340 e. The number of benzene rings is 2. The highest BCUT2D eigenvalue weighted by atomic mass is 16.7. The maximum atomic E-state index is 12.8. The Bertz CT molecular complexity index is 1080. The third-order valence-electron chi connectivity index (χ3n) is 6.16. The fourth-order valence-corrected chi connectivity index (χ4v) is 4.25. The van der Waals surface area contributed by atoms with E-state index in [9.17, 15) is 4.79 Å². The summed E-state index contributed by atoms with van der Waals surface area (Å²) in [6.45, 7) is 4.00. The number of carbonyl (C=O) groups is 1. The van der Waals surface area contributed by atoms with Crippen molar-refractivity contribution < 1.29 is 9.63 Å². The number of rotatable bonds is 5. The summed E-state index contributed by atoms with van der Waals surface area (Å²) >= 11 is 0. The van der Waals surface area contributed by atoms with Crippen LogP contribution in [0.25, 0.3) is 0 Å². The molecule has 1 aromatic heterocycles. The van der Waals surface area contributed by atoms with Gasteiger partial charge in [-0.15, -0.1) is 0 Å². The van der Waals surface area contributed by atoms with Crippen LogP contribution in [0.1, 0.15) is 28.4 Å². The molecule has 1 N–H and O–H groups in total. The Hall–Kier alpha value is -3.49. The van der Waals surface area contributed by atoms with Crippen LogP contribution in [0.2, 0.25) is 0 Å². The second-order valence-corrected chi connectivity index (χ2v) is 8.43. The van der Waals surface area contributed by atoms with Gasteiger partial charge in [0, 0.05) is 49.9 Å². The number of hydrogen-bond acceptors (Lipinski definition) is 7. The third kappa shape index (κ3) is 4.81. The molecular weight excluding hydrogens is 416 g/mol. The summed E-state index contributed by atoms with van der Waals surface area (Å²) in [5, 5.41) is 5.17. The van der Waals surface area contributed by atoms with Crippen molar-refractivity contribution in [3.8, 4) is 0 Å². The van der Waals surface area contributed by atoms with E-state index in [4.69, 9.17) is 4.84 Å². The highest BCUT2D eigenvalue weighted by Crippen LogP contribution is 2.34. The molecular formula is C25H28N6O2.